The Morgan fingerprint density at radius 3 is 2.47 bits per heavy atom. The molecule has 162 valence electrons. The van der Waals surface area contributed by atoms with Crippen LogP contribution in [0.3, 0.4) is 0 Å². The Labute approximate surface area is 185 Å². The van der Waals surface area contributed by atoms with Crippen molar-refractivity contribution in [3.05, 3.63) is 89.1 Å². The summed E-state index contributed by atoms with van der Waals surface area (Å²) < 4.78 is 15.9. The maximum Gasteiger partial charge on any atom is 0.256 e. The molecule has 1 saturated heterocycles. The zero-order valence-electron chi connectivity index (χ0n) is 17.8. The van der Waals surface area contributed by atoms with Gasteiger partial charge in [-0.2, -0.15) is 14.6 Å². The molecule has 1 amide bonds. The van der Waals surface area contributed by atoms with Crippen molar-refractivity contribution < 1.29 is 9.18 Å². The second-order valence-corrected chi connectivity index (χ2v) is 7.89. The monoisotopic (exact) mass is 430 g/mol. The van der Waals surface area contributed by atoms with E-state index in [-0.39, 0.29) is 11.5 Å². The standard InChI is InChI=1S/C24H23FN6O/c1-17-20(15-18-7-3-2-4-8-18)22(31-24(28-17)26-16-27-31)29-11-13-30(14-12-29)23(32)19-9-5-6-10-21(19)25/h2-10,16H,11-15H2,1H3. The summed E-state index contributed by atoms with van der Waals surface area (Å²) in [6.07, 6.45) is 2.23. The summed E-state index contributed by atoms with van der Waals surface area (Å²) in [5.74, 6) is 0.745. The Bertz CT molecular complexity index is 1260. The fourth-order valence-corrected chi connectivity index (χ4v) is 4.23. The zero-order chi connectivity index (χ0) is 22.1. The highest BCUT2D eigenvalue weighted by Crippen LogP contribution is 2.27. The minimum atomic E-state index is -0.487. The van der Waals surface area contributed by atoms with Crippen LogP contribution in [0.25, 0.3) is 5.78 Å². The summed E-state index contributed by atoms with van der Waals surface area (Å²) in [5.41, 5.74) is 3.30. The fraction of sp³-hybridized carbons (Fsp3) is 0.250. The number of nitrogens with zero attached hydrogens (tertiary/aromatic N) is 6. The van der Waals surface area contributed by atoms with Crippen LogP contribution in [0, 0.1) is 12.7 Å². The van der Waals surface area contributed by atoms with Gasteiger partial charge in [-0.25, -0.2) is 9.37 Å². The number of hydrogen-bond acceptors (Lipinski definition) is 5. The van der Waals surface area contributed by atoms with Crippen molar-refractivity contribution >= 4 is 17.5 Å². The molecule has 2 aromatic carbocycles. The largest absolute Gasteiger partial charge is 0.353 e. The summed E-state index contributed by atoms with van der Waals surface area (Å²) in [5, 5.41) is 4.42. The molecule has 8 heteroatoms. The lowest BCUT2D eigenvalue weighted by molar-refractivity contribution is 0.0741. The van der Waals surface area contributed by atoms with Crippen molar-refractivity contribution in [1.82, 2.24) is 24.5 Å². The lowest BCUT2D eigenvalue weighted by Gasteiger charge is -2.37. The van der Waals surface area contributed by atoms with Crippen LogP contribution in [0.5, 0.6) is 0 Å². The molecular formula is C24H23FN6O. The van der Waals surface area contributed by atoms with E-state index in [9.17, 15) is 9.18 Å². The van der Waals surface area contributed by atoms with Crippen molar-refractivity contribution in [3.8, 4) is 0 Å². The first-order valence-corrected chi connectivity index (χ1v) is 10.6. The molecule has 0 atom stereocenters. The van der Waals surface area contributed by atoms with E-state index >= 15 is 0 Å². The first-order valence-electron chi connectivity index (χ1n) is 10.6. The van der Waals surface area contributed by atoms with E-state index in [2.05, 4.69) is 32.1 Å². The van der Waals surface area contributed by atoms with Crippen molar-refractivity contribution in [2.75, 3.05) is 31.1 Å². The first-order chi connectivity index (χ1) is 15.6. The van der Waals surface area contributed by atoms with Crippen LogP contribution in [0.1, 0.15) is 27.2 Å². The molecule has 3 heterocycles. The molecule has 0 aliphatic carbocycles. The molecular weight excluding hydrogens is 407 g/mol. The molecule has 0 saturated carbocycles. The molecule has 2 aromatic heterocycles. The van der Waals surface area contributed by atoms with Crippen LogP contribution in [-0.2, 0) is 6.42 Å². The van der Waals surface area contributed by atoms with Gasteiger partial charge in [0.05, 0.1) is 5.56 Å². The van der Waals surface area contributed by atoms with Crippen LogP contribution in [0.4, 0.5) is 10.2 Å². The average Bonchev–Trinajstić information content (AvgIpc) is 3.28. The van der Waals surface area contributed by atoms with Gasteiger partial charge in [0.1, 0.15) is 18.0 Å². The Morgan fingerprint density at radius 1 is 1.00 bits per heavy atom. The van der Waals surface area contributed by atoms with Gasteiger partial charge in [0.25, 0.3) is 11.7 Å². The molecule has 0 N–H and O–H groups in total. The Kier molecular flexibility index (Phi) is 5.26. The molecule has 0 bridgehead atoms. The van der Waals surface area contributed by atoms with E-state index in [0.29, 0.717) is 32.0 Å². The third-order valence-corrected chi connectivity index (χ3v) is 5.90. The van der Waals surface area contributed by atoms with Gasteiger partial charge in [-0.05, 0) is 24.6 Å². The SMILES string of the molecule is Cc1nc2ncnn2c(N2CCN(C(=O)c3ccccc3F)CC2)c1Cc1ccccc1. The van der Waals surface area contributed by atoms with Crippen LogP contribution in [-0.4, -0.2) is 56.6 Å². The highest BCUT2D eigenvalue weighted by molar-refractivity contribution is 5.94. The number of rotatable bonds is 4. The molecule has 4 aromatic rings. The second kappa shape index (κ2) is 8.37. The van der Waals surface area contributed by atoms with Crippen molar-refractivity contribution in [2.24, 2.45) is 0 Å². The number of aromatic nitrogens is 4. The van der Waals surface area contributed by atoms with E-state index in [0.717, 1.165) is 23.5 Å². The zero-order valence-corrected chi connectivity index (χ0v) is 17.8. The third kappa shape index (κ3) is 3.68. The normalized spacial score (nSPS) is 14.2. The molecule has 1 fully saturated rings. The van der Waals surface area contributed by atoms with Gasteiger partial charge >= 0.3 is 0 Å². The van der Waals surface area contributed by atoms with Gasteiger partial charge in [0, 0.05) is 43.9 Å². The summed E-state index contributed by atoms with van der Waals surface area (Å²) in [6.45, 7) is 4.21. The summed E-state index contributed by atoms with van der Waals surface area (Å²) >= 11 is 0. The maximum absolute atomic E-state index is 14.1. The van der Waals surface area contributed by atoms with Crippen LogP contribution in [0.2, 0.25) is 0 Å². The first kappa shape index (κ1) is 20.1. The van der Waals surface area contributed by atoms with Crippen LogP contribution >= 0.6 is 0 Å². The van der Waals surface area contributed by atoms with Gasteiger partial charge in [-0.1, -0.05) is 42.5 Å². The summed E-state index contributed by atoms with van der Waals surface area (Å²) in [4.78, 5) is 25.7. The molecule has 0 unspecified atom stereocenters. The number of piperazine rings is 1. The number of anilines is 1. The Hall–Kier alpha value is -3.81. The lowest BCUT2D eigenvalue weighted by atomic mass is 10.0. The van der Waals surface area contributed by atoms with E-state index < -0.39 is 5.82 Å². The van der Waals surface area contributed by atoms with Gasteiger partial charge in [0.2, 0.25) is 0 Å². The predicted octanol–water partition coefficient (Wildman–Crippen LogP) is 3.13. The molecule has 1 aliphatic heterocycles. The molecule has 5 rings (SSSR count). The highest BCUT2D eigenvalue weighted by Gasteiger charge is 2.27. The van der Waals surface area contributed by atoms with Crippen LogP contribution < -0.4 is 4.90 Å². The average molecular weight is 430 g/mol. The second-order valence-electron chi connectivity index (χ2n) is 7.89. The minimum Gasteiger partial charge on any atom is -0.353 e. The Balaban J connectivity index is 1.44. The Morgan fingerprint density at radius 2 is 1.72 bits per heavy atom. The fourth-order valence-electron chi connectivity index (χ4n) is 4.23. The van der Waals surface area contributed by atoms with E-state index in [4.69, 9.17) is 0 Å². The van der Waals surface area contributed by atoms with Crippen molar-refractivity contribution in [1.29, 1.82) is 0 Å². The number of amides is 1. The van der Waals surface area contributed by atoms with E-state index in [1.165, 1.54) is 24.0 Å². The van der Waals surface area contributed by atoms with E-state index in [1.54, 1.807) is 21.5 Å². The molecule has 0 radical (unpaired) electrons. The number of benzene rings is 2. The van der Waals surface area contributed by atoms with Gasteiger partial charge in [-0.3, -0.25) is 4.79 Å². The summed E-state index contributed by atoms with van der Waals surface area (Å²) in [6, 6.07) is 16.4. The van der Waals surface area contributed by atoms with Crippen molar-refractivity contribution in [3.63, 3.8) is 0 Å². The number of fused-ring (bicyclic) bond motifs is 1. The third-order valence-electron chi connectivity index (χ3n) is 5.90. The van der Waals surface area contributed by atoms with E-state index in [1.807, 2.05) is 25.1 Å². The smallest absolute Gasteiger partial charge is 0.256 e. The molecule has 0 spiro atoms. The molecule has 32 heavy (non-hydrogen) atoms. The number of halogens is 1. The van der Waals surface area contributed by atoms with Crippen molar-refractivity contribution in [2.45, 2.75) is 13.3 Å². The number of carbonyl (C=O) groups excluding carboxylic acids is 1. The van der Waals surface area contributed by atoms with Gasteiger partial charge in [-0.15, -0.1) is 0 Å². The highest BCUT2D eigenvalue weighted by atomic mass is 19.1. The maximum atomic E-state index is 14.1. The van der Waals surface area contributed by atoms with Gasteiger partial charge in [0.15, 0.2) is 0 Å². The van der Waals surface area contributed by atoms with Crippen LogP contribution in [0.15, 0.2) is 60.9 Å². The molecule has 7 nitrogen and oxygen atoms in total. The number of carbonyl (C=O) groups is 1. The van der Waals surface area contributed by atoms with Gasteiger partial charge < -0.3 is 9.80 Å². The minimum absolute atomic E-state index is 0.115. The number of hydrogen-bond donors (Lipinski definition) is 0. The lowest BCUT2D eigenvalue weighted by Crippen LogP contribution is -2.49. The predicted molar refractivity (Wildman–Crippen MR) is 119 cm³/mol. The number of aryl methyl sites for hydroxylation is 1. The summed E-state index contributed by atoms with van der Waals surface area (Å²) in [7, 11) is 0. The quantitative estimate of drug-likeness (QED) is 0.498. The molecule has 1 aliphatic rings. The topological polar surface area (TPSA) is 66.6 Å².